The van der Waals surface area contributed by atoms with Crippen LogP contribution in [0.3, 0.4) is 0 Å². The van der Waals surface area contributed by atoms with Gasteiger partial charge in [-0.3, -0.25) is 4.79 Å². The first kappa shape index (κ1) is 13.2. The Kier molecular flexibility index (Phi) is 4.48. The van der Waals surface area contributed by atoms with Crippen LogP contribution in [0.25, 0.3) is 0 Å². The Morgan fingerprint density at radius 1 is 1.44 bits per heavy atom. The molecule has 0 spiro atoms. The molecule has 1 N–H and O–H groups in total. The van der Waals surface area contributed by atoms with Gasteiger partial charge in [0.2, 0.25) is 0 Å². The monoisotopic (exact) mass is 267 g/mol. The first-order chi connectivity index (χ1) is 8.66. The zero-order valence-corrected chi connectivity index (χ0v) is 11.1. The van der Waals surface area contributed by atoms with Gasteiger partial charge in [0.15, 0.2) is 0 Å². The van der Waals surface area contributed by atoms with Crippen molar-refractivity contribution in [1.29, 1.82) is 0 Å². The highest BCUT2D eigenvalue weighted by Crippen LogP contribution is 2.28. The van der Waals surface area contributed by atoms with Crippen molar-refractivity contribution < 1.29 is 9.90 Å². The topological polar surface area (TPSA) is 40.5 Å². The molecule has 3 nitrogen and oxygen atoms in total. The van der Waals surface area contributed by atoms with Crippen LogP contribution in [0.2, 0.25) is 5.02 Å². The number of piperidine rings is 1. The van der Waals surface area contributed by atoms with Crippen molar-refractivity contribution in [3.8, 4) is 0 Å². The van der Waals surface area contributed by atoms with Crippen molar-refractivity contribution in [1.82, 2.24) is 0 Å². The van der Waals surface area contributed by atoms with Crippen LogP contribution in [0.1, 0.15) is 32.1 Å². The van der Waals surface area contributed by atoms with Gasteiger partial charge >= 0.3 is 5.97 Å². The molecule has 1 atom stereocenters. The van der Waals surface area contributed by atoms with Crippen LogP contribution in [-0.2, 0) is 4.79 Å². The van der Waals surface area contributed by atoms with E-state index in [1.54, 1.807) is 0 Å². The third-order valence-electron chi connectivity index (χ3n) is 3.46. The summed E-state index contributed by atoms with van der Waals surface area (Å²) in [5.74, 6) is -0.716. The quantitative estimate of drug-likeness (QED) is 0.907. The Hall–Kier alpha value is -1.22. The third-order valence-corrected chi connectivity index (χ3v) is 3.69. The molecule has 1 aliphatic heterocycles. The molecule has 0 bridgehead atoms. The van der Waals surface area contributed by atoms with Crippen LogP contribution >= 0.6 is 11.6 Å². The average molecular weight is 268 g/mol. The van der Waals surface area contributed by atoms with Crippen molar-refractivity contribution in [3.63, 3.8) is 0 Å². The molecule has 0 aromatic heterocycles. The number of aliphatic carboxylic acids is 1. The highest BCUT2D eigenvalue weighted by atomic mass is 35.5. The minimum atomic E-state index is -0.716. The van der Waals surface area contributed by atoms with E-state index in [-0.39, 0.29) is 6.42 Å². The minimum absolute atomic E-state index is 0.238. The van der Waals surface area contributed by atoms with Crippen LogP contribution in [0.15, 0.2) is 24.3 Å². The Labute approximate surface area is 112 Å². The summed E-state index contributed by atoms with van der Waals surface area (Å²) in [6.45, 7) is 0.991. The molecule has 0 amide bonds. The highest BCUT2D eigenvalue weighted by molar-refractivity contribution is 6.30. The average Bonchev–Trinajstić information content (AvgIpc) is 2.36. The summed E-state index contributed by atoms with van der Waals surface area (Å²) in [4.78, 5) is 13.0. The second-order valence-corrected chi connectivity index (χ2v) is 5.19. The first-order valence-corrected chi connectivity index (χ1v) is 6.78. The third kappa shape index (κ3) is 3.39. The van der Waals surface area contributed by atoms with E-state index in [2.05, 4.69) is 4.90 Å². The number of nitrogens with zero attached hydrogens (tertiary/aromatic N) is 1. The lowest BCUT2D eigenvalue weighted by molar-refractivity contribution is -0.137. The van der Waals surface area contributed by atoms with Crippen LogP contribution < -0.4 is 4.90 Å². The second kappa shape index (κ2) is 6.10. The summed E-state index contributed by atoms with van der Waals surface area (Å²) < 4.78 is 0. The maximum Gasteiger partial charge on any atom is 0.303 e. The molecule has 4 heteroatoms. The molecular weight excluding hydrogens is 250 g/mol. The van der Waals surface area contributed by atoms with Gasteiger partial charge in [-0.25, -0.2) is 0 Å². The number of hydrogen-bond donors (Lipinski definition) is 1. The van der Waals surface area contributed by atoms with Crippen LogP contribution in [0, 0.1) is 0 Å². The highest BCUT2D eigenvalue weighted by Gasteiger charge is 2.23. The molecule has 98 valence electrons. The molecule has 18 heavy (non-hydrogen) atoms. The Bertz CT molecular complexity index is 422. The van der Waals surface area contributed by atoms with Gasteiger partial charge in [0.25, 0.3) is 0 Å². The Balaban J connectivity index is 2.09. The van der Waals surface area contributed by atoms with Crippen LogP contribution in [0.5, 0.6) is 0 Å². The van der Waals surface area contributed by atoms with Crippen molar-refractivity contribution in [2.45, 2.75) is 38.1 Å². The lowest BCUT2D eigenvalue weighted by atomic mass is 9.97. The van der Waals surface area contributed by atoms with E-state index in [4.69, 9.17) is 16.7 Å². The molecule has 1 aliphatic rings. The van der Waals surface area contributed by atoms with Crippen molar-refractivity contribution in [2.75, 3.05) is 11.4 Å². The summed E-state index contributed by atoms with van der Waals surface area (Å²) in [5, 5.41) is 9.54. The molecule has 1 unspecified atom stereocenters. The van der Waals surface area contributed by atoms with Crippen LogP contribution in [-0.4, -0.2) is 23.7 Å². The predicted octanol–water partition coefficient (Wildman–Crippen LogP) is 3.56. The molecule has 0 saturated carbocycles. The SMILES string of the molecule is O=C(O)CCC1CCCCN1c1cccc(Cl)c1. The fourth-order valence-corrected chi connectivity index (χ4v) is 2.77. The van der Waals surface area contributed by atoms with Gasteiger partial charge in [-0.2, -0.15) is 0 Å². The molecule has 1 heterocycles. The van der Waals surface area contributed by atoms with E-state index in [1.807, 2.05) is 24.3 Å². The lowest BCUT2D eigenvalue weighted by Gasteiger charge is -2.37. The van der Waals surface area contributed by atoms with Gasteiger partial charge < -0.3 is 10.0 Å². The molecule has 1 saturated heterocycles. The van der Waals surface area contributed by atoms with Gasteiger partial charge in [0, 0.05) is 29.7 Å². The molecule has 2 rings (SSSR count). The fraction of sp³-hybridized carbons (Fsp3) is 0.500. The molecule has 1 fully saturated rings. The first-order valence-electron chi connectivity index (χ1n) is 6.41. The largest absolute Gasteiger partial charge is 0.481 e. The van der Waals surface area contributed by atoms with E-state index in [0.717, 1.165) is 30.1 Å². The molecule has 0 radical (unpaired) electrons. The lowest BCUT2D eigenvalue weighted by Crippen LogP contribution is -2.39. The van der Waals surface area contributed by atoms with Gasteiger partial charge in [0.1, 0.15) is 0 Å². The number of carbonyl (C=O) groups is 1. The number of halogens is 1. The second-order valence-electron chi connectivity index (χ2n) is 4.76. The van der Waals surface area contributed by atoms with E-state index >= 15 is 0 Å². The number of carboxylic acids is 1. The van der Waals surface area contributed by atoms with Gasteiger partial charge in [-0.1, -0.05) is 17.7 Å². The smallest absolute Gasteiger partial charge is 0.303 e. The van der Waals surface area contributed by atoms with Gasteiger partial charge in [-0.05, 0) is 43.9 Å². The van der Waals surface area contributed by atoms with E-state index in [9.17, 15) is 4.79 Å². The van der Waals surface area contributed by atoms with Crippen molar-refractivity contribution >= 4 is 23.3 Å². The van der Waals surface area contributed by atoms with E-state index in [1.165, 1.54) is 6.42 Å². The maximum absolute atomic E-state index is 10.7. The maximum atomic E-state index is 10.7. The molecule has 1 aromatic rings. The van der Waals surface area contributed by atoms with Crippen molar-refractivity contribution in [3.05, 3.63) is 29.3 Å². The molecule has 0 aliphatic carbocycles. The standard InChI is InChI=1S/C14H18ClNO2/c15-11-4-3-6-13(10-11)16-9-2-1-5-12(16)7-8-14(17)18/h3-4,6,10,12H,1-2,5,7-9H2,(H,17,18). The number of benzene rings is 1. The Morgan fingerprint density at radius 2 is 2.28 bits per heavy atom. The zero-order chi connectivity index (χ0) is 13.0. The number of anilines is 1. The number of hydrogen-bond acceptors (Lipinski definition) is 2. The van der Waals surface area contributed by atoms with E-state index in [0.29, 0.717) is 12.5 Å². The normalized spacial score (nSPS) is 19.8. The van der Waals surface area contributed by atoms with Gasteiger partial charge in [-0.15, -0.1) is 0 Å². The molecular formula is C14H18ClNO2. The predicted molar refractivity (Wildman–Crippen MR) is 73.3 cm³/mol. The number of carboxylic acid groups (broad SMARTS) is 1. The van der Waals surface area contributed by atoms with Gasteiger partial charge in [0.05, 0.1) is 0 Å². The minimum Gasteiger partial charge on any atom is -0.481 e. The zero-order valence-electron chi connectivity index (χ0n) is 10.3. The summed E-state index contributed by atoms with van der Waals surface area (Å²) >= 11 is 6.02. The van der Waals surface area contributed by atoms with Crippen molar-refractivity contribution in [2.24, 2.45) is 0 Å². The molecule has 1 aromatic carbocycles. The summed E-state index contributed by atoms with van der Waals surface area (Å²) in [6, 6.07) is 8.14. The Morgan fingerprint density at radius 3 is 3.00 bits per heavy atom. The van der Waals surface area contributed by atoms with Crippen LogP contribution in [0.4, 0.5) is 5.69 Å². The fourth-order valence-electron chi connectivity index (χ4n) is 2.59. The van der Waals surface area contributed by atoms with E-state index < -0.39 is 5.97 Å². The number of rotatable bonds is 4. The summed E-state index contributed by atoms with van der Waals surface area (Å²) in [5.41, 5.74) is 1.11. The summed E-state index contributed by atoms with van der Waals surface area (Å²) in [6.07, 6.45) is 4.36. The summed E-state index contributed by atoms with van der Waals surface area (Å²) in [7, 11) is 0.